The van der Waals surface area contributed by atoms with Gasteiger partial charge in [0.25, 0.3) is 0 Å². The summed E-state index contributed by atoms with van der Waals surface area (Å²) < 4.78 is 0. The first-order valence-electron chi connectivity index (χ1n) is 7.52. The standard InChI is InChI=1S/C16H25ClN2/c17-16-8-6-15(7-9-16)14-18-10-2-5-13-19-11-3-1-4-12-19/h6-9,18H,1-5,10-14H2. The highest BCUT2D eigenvalue weighted by molar-refractivity contribution is 6.30. The molecule has 2 nitrogen and oxygen atoms in total. The van der Waals surface area contributed by atoms with Crippen LogP contribution in [0.25, 0.3) is 0 Å². The van der Waals surface area contributed by atoms with E-state index >= 15 is 0 Å². The number of halogens is 1. The molecule has 0 aliphatic carbocycles. The number of unbranched alkanes of at least 4 members (excludes halogenated alkanes) is 1. The number of benzene rings is 1. The maximum absolute atomic E-state index is 5.86. The van der Waals surface area contributed by atoms with Gasteiger partial charge in [-0.3, -0.25) is 0 Å². The molecule has 1 aromatic carbocycles. The summed E-state index contributed by atoms with van der Waals surface area (Å²) >= 11 is 5.86. The van der Waals surface area contributed by atoms with Crippen molar-refractivity contribution in [2.75, 3.05) is 26.2 Å². The zero-order chi connectivity index (χ0) is 13.3. The summed E-state index contributed by atoms with van der Waals surface area (Å²) in [5.41, 5.74) is 1.31. The number of nitrogens with one attached hydrogen (secondary N) is 1. The second-order valence-electron chi connectivity index (χ2n) is 5.41. The van der Waals surface area contributed by atoms with E-state index < -0.39 is 0 Å². The van der Waals surface area contributed by atoms with Crippen molar-refractivity contribution in [2.45, 2.75) is 38.6 Å². The fraction of sp³-hybridized carbons (Fsp3) is 0.625. The van der Waals surface area contributed by atoms with Crippen LogP contribution in [0, 0.1) is 0 Å². The van der Waals surface area contributed by atoms with Gasteiger partial charge in [-0.1, -0.05) is 30.2 Å². The van der Waals surface area contributed by atoms with Crippen molar-refractivity contribution in [2.24, 2.45) is 0 Å². The van der Waals surface area contributed by atoms with Crippen LogP contribution in [0.1, 0.15) is 37.7 Å². The zero-order valence-corrected chi connectivity index (χ0v) is 12.5. The van der Waals surface area contributed by atoms with Gasteiger partial charge in [-0.2, -0.15) is 0 Å². The Bertz CT molecular complexity index is 344. The van der Waals surface area contributed by atoms with Gasteiger partial charge >= 0.3 is 0 Å². The fourth-order valence-electron chi connectivity index (χ4n) is 2.60. The molecule has 106 valence electrons. The molecule has 1 aliphatic heterocycles. The number of piperidine rings is 1. The van der Waals surface area contributed by atoms with E-state index in [0.717, 1.165) is 18.1 Å². The lowest BCUT2D eigenvalue weighted by molar-refractivity contribution is 0.224. The van der Waals surface area contributed by atoms with Crippen molar-refractivity contribution in [3.63, 3.8) is 0 Å². The van der Waals surface area contributed by atoms with Gasteiger partial charge in [-0.15, -0.1) is 0 Å². The Labute approximate surface area is 122 Å². The first kappa shape index (κ1) is 14.8. The SMILES string of the molecule is Clc1ccc(CNCCCCN2CCCCC2)cc1. The molecule has 1 saturated heterocycles. The normalized spacial score (nSPS) is 16.7. The highest BCUT2D eigenvalue weighted by Gasteiger charge is 2.08. The number of nitrogens with zero attached hydrogens (tertiary/aromatic N) is 1. The minimum atomic E-state index is 0.810. The van der Waals surface area contributed by atoms with Crippen molar-refractivity contribution in [1.29, 1.82) is 0 Å². The molecule has 2 rings (SSSR count). The van der Waals surface area contributed by atoms with Crippen molar-refractivity contribution in [3.05, 3.63) is 34.9 Å². The molecule has 19 heavy (non-hydrogen) atoms. The van der Waals surface area contributed by atoms with Gasteiger partial charge in [0, 0.05) is 11.6 Å². The summed E-state index contributed by atoms with van der Waals surface area (Å²) in [6, 6.07) is 8.08. The molecule has 0 amide bonds. The number of rotatable bonds is 7. The van der Waals surface area contributed by atoms with Gasteiger partial charge in [0.2, 0.25) is 0 Å². The summed E-state index contributed by atoms with van der Waals surface area (Å²) in [6.45, 7) is 5.97. The van der Waals surface area contributed by atoms with Gasteiger partial charge < -0.3 is 10.2 Å². The molecule has 1 heterocycles. The zero-order valence-electron chi connectivity index (χ0n) is 11.7. The van der Waals surface area contributed by atoms with Gasteiger partial charge in [0.15, 0.2) is 0 Å². The van der Waals surface area contributed by atoms with Crippen molar-refractivity contribution < 1.29 is 0 Å². The second kappa shape index (κ2) is 8.57. The van der Waals surface area contributed by atoms with Crippen LogP contribution in [0.2, 0.25) is 5.02 Å². The third-order valence-corrected chi connectivity index (χ3v) is 4.02. The minimum absolute atomic E-state index is 0.810. The van der Waals surface area contributed by atoms with Crippen molar-refractivity contribution in [1.82, 2.24) is 10.2 Å². The van der Waals surface area contributed by atoms with Crippen LogP contribution >= 0.6 is 11.6 Å². The van der Waals surface area contributed by atoms with E-state index in [2.05, 4.69) is 22.3 Å². The molecule has 3 heteroatoms. The maximum Gasteiger partial charge on any atom is 0.0406 e. The molecular formula is C16H25ClN2. The second-order valence-corrected chi connectivity index (χ2v) is 5.85. The van der Waals surface area contributed by atoms with Crippen LogP contribution in [0.4, 0.5) is 0 Å². The molecule has 1 N–H and O–H groups in total. The highest BCUT2D eigenvalue weighted by Crippen LogP contribution is 2.10. The minimum Gasteiger partial charge on any atom is -0.313 e. The molecule has 0 radical (unpaired) electrons. The van der Waals surface area contributed by atoms with E-state index in [1.54, 1.807) is 0 Å². The van der Waals surface area contributed by atoms with Crippen LogP contribution in [0.5, 0.6) is 0 Å². The van der Waals surface area contributed by atoms with Gasteiger partial charge in [-0.05, 0) is 69.6 Å². The lowest BCUT2D eigenvalue weighted by Crippen LogP contribution is -2.30. The maximum atomic E-state index is 5.86. The molecule has 0 saturated carbocycles. The van der Waals surface area contributed by atoms with Gasteiger partial charge in [0.1, 0.15) is 0 Å². The van der Waals surface area contributed by atoms with Crippen LogP contribution in [-0.2, 0) is 6.54 Å². The van der Waals surface area contributed by atoms with Crippen LogP contribution < -0.4 is 5.32 Å². The average molecular weight is 281 g/mol. The van der Waals surface area contributed by atoms with E-state index in [4.69, 9.17) is 11.6 Å². The lowest BCUT2D eigenvalue weighted by atomic mass is 10.1. The van der Waals surface area contributed by atoms with Crippen molar-refractivity contribution >= 4 is 11.6 Å². The Morgan fingerprint density at radius 2 is 1.74 bits per heavy atom. The molecular weight excluding hydrogens is 256 g/mol. The molecule has 0 bridgehead atoms. The third kappa shape index (κ3) is 5.94. The Balaban J connectivity index is 1.49. The monoisotopic (exact) mass is 280 g/mol. The summed E-state index contributed by atoms with van der Waals surface area (Å²) in [6.07, 6.45) is 6.81. The predicted octanol–water partition coefficient (Wildman–Crippen LogP) is 3.70. The van der Waals surface area contributed by atoms with Crippen LogP contribution in [0.3, 0.4) is 0 Å². The van der Waals surface area contributed by atoms with Gasteiger partial charge in [-0.25, -0.2) is 0 Å². The Hall–Kier alpha value is -0.570. The summed E-state index contributed by atoms with van der Waals surface area (Å²) in [5, 5.41) is 4.31. The topological polar surface area (TPSA) is 15.3 Å². The first-order chi connectivity index (χ1) is 9.34. The molecule has 0 unspecified atom stereocenters. The number of hydrogen-bond acceptors (Lipinski definition) is 2. The molecule has 1 aromatic rings. The Morgan fingerprint density at radius 1 is 1.00 bits per heavy atom. The van der Waals surface area contributed by atoms with Crippen LogP contribution in [0.15, 0.2) is 24.3 Å². The molecule has 0 aromatic heterocycles. The van der Waals surface area contributed by atoms with Crippen molar-refractivity contribution in [3.8, 4) is 0 Å². The highest BCUT2D eigenvalue weighted by atomic mass is 35.5. The lowest BCUT2D eigenvalue weighted by Gasteiger charge is -2.26. The summed E-state index contributed by atoms with van der Waals surface area (Å²) in [7, 11) is 0. The molecule has 0 atom stereocenters. The first-order valence-corrected chi connectivity index (χ1v) is 7.90. The molecule has 1 aliphatic rings. The number of likely N-dealkylation sites (tertiary alicyclic amines) is 1. The van der Waals surface area contributed by atoms with Gasteiger partial charge in [0.05, 0.1) is 0 Å². The third-order valence-electron chi connectivity index (χ3n) is 3.77. The largest absolute Gasteiger partial charge is 0.313 e. The fourth-order valence-corrected chi connectivity index (χ4v) is 2.73. The summed E-state index contributed by atoms with van der Waals surface area (Å²) in [4.78, 5) is 2.61. The average Bonchev–Trinajstić information content (AvgIpc) is 2.46. The Morgan fingerprint density at radius 3 is 2.47 bits per heavy atom. The summed E-state index contributed by atoms with van der Waals surface area (Å²) in [5.74, 6) is 0. The molecule has 0 spiro atoms. The van der Waals surface area contributed by atoms with E-state index in [1.807, 2.05) is 12.1 Å². The predicted molar refractivity (Wildman–Crippen MR) is 82.7 cm³/mol. The number of hydrogen-bond donors (Lipinski definition) is 1. The van der Waals surface area contributed by atoms with E-state index in [1.165, 1.54) is 57.3 Å². The molecule has 1 fully saturated rings. The van der Waals surface area contributed by atoms with E-state index in [-0.39, 0.29) is 0 Å². The van der Waals surface area contributed by atoms with Crippen LogP contribution in [-0.4, -0.2) is 31.1 Å². The van der Waals surface area contributed by atoms with E-state index in [9.17, 15) is 0 Å². The van der Waals surface area contributed by atoms with E-state index in [0.29, 0.717) is 0 Å². The Kier molecular flexibility index (Phi) is 6.69. The quantitative estimate of drug-likeness (QED) is 0.766. The smallest absolute Gasteiger partial charge is 0.0406 e.